The van der Waals surface area contributed by atoms with Crippen LogP contribution in [0.2, 0.25) is 0 Å². The summed E-state index contributed by atoms with van der Waals surface area (Å²) in [5.74, 6) is 0.379. The molecule has 0 spiro atoms. The molecule has 1 aliphatic heterocycles. The van der Waals surface area contributed by atoms with Crippen LogP contribution in [0, 0.1) is 0 Å². The van der Waals surface area contributed by atoms with Crippen molar-refractivity contribution >= 4 is 31.8 Å². The van der Waals surface area contributed by atoms with E-state index in [1.165, 1.54) is 4.31 Å². The Morgan fingerprint density at radius 1 is 1.29 bits per heavy atom. The first-order valence-corrected chi connectivity index (χ1v) is 9.17. The number of anilines is 1. The zero-order valence-corrected chi connectivity index (χ0v) is 14.9. The van der Waals surface area contributed by atoms with Crippen LogP contribution >= 0.6 is 15.9 Å². The topological polar surface area (TPSA) is 65.5 Å². The monoisotopic (exact) mass is 376 g/mol. The minimum atomic E-state index is -3.52. The van der Waals surface area contributed by atoms with E-state index >= 15 is 0 Å². The fourth-order valence-corrected chi connectivity index (χ4v) is 4.48. The first-order valence-electron chi connectivity index (χ1n) is 6.93. The van der Waals surface area contributed by atoms with Gasteiger partial charge >= 0.3 is 0 Å². The van der Waals surface area contributed by atoms with Crippen LogP contribution in [-0.4, -0.2) is 61.9 Å². The van der Waals surface area contributed by atoms with E-state index in [4.69, 9.17) is 0 Å². The van der Waals surface area contributed by atoms with Crippen LogP contribution in [0.1, 0.15) is 13.8 Å². The Hall–Kier alpha value is -0.700. The summed E-state index contributed by atoms with van der Waals surface area (Å²) in [5.41, 5.74) is 0. The summed E-state index contributed by atoms with van der Waals surface area (Å²) in [6.45, 7) is 6.79. The number of nitrogens with one attached hydrogen (secondary N) is 1. The molecule has 1 aromatic rings. The Morgan fingerprint density at radius 2 is 1.90 bits per heavy atom. The molecule has 0 unspecified atom stereocenters. The van der Waals surface area contributed by atoms with Crippen molar-refractivity contribution in [3.63, 3.8) is 0 Å². The summed E-state index contributed by atoms with van der Waals surface area (Å²) in [4.78, 5) is 6.63. The van der Waals surface area contributed by atoms with Crippen molar-refractivity contribution in [1.82, 2.24) is 14.2 Å². The molecule has 1 fully saturated rings. The normalized spacial score (nSPS) is 18.1. The van der Waals surface area contributed by atoms with E-state index in [-0.39, 0.29) is 4.90 Å². The first kappa shape index (κ1) is 16.7. The number of pyridine rings is 1. The Labute approximate surface area is 134 Å². The van der Waals surface area contributed by atoms with Crippen molar-refractivity contribution in [1.29, 1.82) is 0 Å². The summed E-state index contributed by atoms with van der Waals surface area (Å²) in [6, 6.07) is 2.04. The van der Waals surface area contributed by atoms with Gasteiger partial charge in [0.1, 0.15) is 10.7 Å². The number of nitrogens with zero attached hydrogens (tertiary/aromatic N) is 3. The van der Waals surface area contributed by atoms with E-state index in [0.717, 1.165) is 13.1 Å². The predicted octanol–water partition coefficient (Wildman–Crippen LogP) is 1.60. The van der Waals surface area contributed by atoms with Crippen molar-refractivity contribution in [3.05, 3.63) is 16.7 Å². The van der Waals surface area contributed by atoms with Crippen LogP contribution in [0.4, 0.5) is 5.82 Å². The second kappa shape index (κ2) is 6.60. The van der Waals surface area contributed by atoms with Gasteiger partial charge in [-0.3, -0.25) is 4.90 Å². The van der Waals surface area contributed by atoms with Gasteiger partial charge in [0.2, 0.25) is 10.0 Å². The Balaban J connectivity index is 2.25. The number of hydrogen-bond acceptors (Lipinski definition) is 5. The molecule has 0 aromatic carbocycles. The SMILES string of the molecule is CNc1ncc(Br)cc1S(=O)(=O)N1CCN(C(C)C)CC1. The Morgan fingerprint density at radius 3 is 2.43 bits per heavy atom. The molecule has 1 aromatic heterocycles. The second-order valence-electron chi connectivity index (χ2n) is 5.28. The summed E-state index contributed by atoms with van der Waals surface area (Å²) in [6.07, 6.45) is 1.58. The molecule has 0 radical (unpaired) electrons. The molecular formula is C13H21BrN4O2S. The maximum atomic E-state index is 12.8. The smallest absolute Gasteiger partial charge is 0.246 e. The maximum Gasteiger partial charge on any atom is 0.246 e. The van der Waals surface area contributed by atoms with Gasteiger partial charge in [0.05, 0.1) is 0 Å². The summed E-state index contributed by atoms with van der Waals surface area (Å²) >= 11 is 3.29. The third kappa shape index (κ3) is 3.56. The van der Waals surface area contributed by atoms with E-state index < -0.39 is 10.0 Å². The van der Waals surface area contributed by atoms with Crippen molar-refractivity contribution in [2.45, 2.75) is 24.8 Å². The van der Waals surface area contributed by atoms with Gasteiger partial charge in [-0.25, -0.2) is 13.4 Å². The lowest BCUT2D eigenvalue weighted by molar-refractivity contribution is 0.154. The van der Waals surface area contributed by atoms with E-state index in [0.29, 0.717) is 29.4 Å². The van der Waals surface area contributed by atoms with Gasteiger partial charge in [-0.2, -0.15) is 4.31 Å². The molecule has 2 heterocycles. The molecule has 1 saturated heterocycles. The van der Waals surface area contributed by atoms with Gasteiger partial charge in [-0.1, -0.05) is 0 Å². The molecule has 1 aliphatic rings. The number of halogens is 1. The molecule has 118 valence electrons. The van der Waals surface area contributed by atoms with Gasteiger partial charge in [0, 0.05) is 49.9 Å². The molecule has 8 heteroatoms. The molecule has 1 N–H and O–H groups in total. The molecular weight excluding hydrogens is 356 g/mol. The molecule has 21 heavy (non-hydrogen) atoms. The average molecular weight is 377 g/mol. The molecule has 0 bridgehead atoms. The van der Waals surface area contributed by atoms with Crippen LogP contribution in [0.25, 0.3) is 0 Å². The highest BCUT2D eigenvalue weighted by Crippen LogP contribution is 2.26. The third-order valence-corrected chi connectivity index (χ3v) is 6.02. The van der Waals surface area contributed by atoms with Gasteiger partial charge in [-0.15, -0.1) is 0 Å². The highest BCUT2D eigenvalue weighted by molar-refractivity contribution is 9.10. The fourth-order valence-electron chi connectivity index (χ4n) is 2.40. The molecule has 0 amide bonds. The van der Waals surface area contributed by atoms with Crippen LogP contribution in [0.15, 0.2) is 21.6 Å². The number of piperazine rings is 1. The minimum Gasteiger partial charge on any atom is -0.372 e. The number of sulfonamides is 1. The van der Waals surface area contributed by atoms with Crippen LogP contribution in [0.3, 0.4) is 0 Å². The highest BCUT2D eigenvalue weighted by Gasteiger charge is 2.31. The van der Waals surface area contributed by atoms with Crippen molar-refractivity contribution in [3.8, 4) is 0 Å². The third-order valence-electron chi connectivity index (χ3n) is 3.68. The van der Waals surface area contributed by atoms with E-state index in [2.05, 4.69) is 45.0 Å². The van der Waals surface area contributed by atoms with Crippen LogP contribution < -0.4 is 5.32 Å². The second-order valence-corrected chi connectivity index (χ2v) is 8.11. The van der Waals surface area contributed by atoms with Gasteiger partial charge in [0.15, 0.2) is 0 Å². The van der Waals surface area contributed by atoms with E-state index in [1.807, 2.05) is 0 Å². The number of aromatic nitrogens is 1. The summed E-state index contributed by atoms with van der Waals surface area (Å²) < 4.78 is 27.8. The lowest BCUT2D eigenvalue weighted by atomic mass is 10.3. The van der Waals surface area contributed by atoms with Crippen molar-refractivity contribution < 1.29 is 8.42 Å². The molecule has 0 aliphatic carbocycles. The molecule has 0 atom stereocenters. The highest BCUT2D eigenvalue weighted by atomic mass is 79.9. The predicted molar refractivity (Wildman–Crippen MR) is 87.0 cm³/mol. The fraction of sp³-hybridized carbons (Fsp3) is 0.615. The standard InChI is InChI=1S/C13H21BrN4O2S/c1-10(2)17-4-6-18(7-5-17)21(19,20)12-8-11(14)9-16-13(12)15-3/h8-10H,4-7H2,1-3H3,(H,15,16). The van der Waals surface area contributed by atoms with Crippen molar-refractivity contribution in [2.75, 3.05) is 38.5 Å². The largest absolute Gasteiger partial charge is 0.372 e. The molecule has 0 saturated carbocycles. The van der Waals surface area contributed by atoms with E-state index in [1.54, 1.807) is 19.3 Å². The van der Waals surface area contributed by atoms with Crippen molar-refractivity contribution in [2.24, 2.45) is 0 Å². The zero-order chi connectivity index (χ0) is 15.6. The van der Waals surface area contributed by atoms with E-state index in [9.17, 15) is 8.42 Å². The number of hydrogen-bond donors (Lipinski definition) is 1. The maximum absolute atomic E-state index is 12.8. The van der Waals surface area contributed by atoms with Gasteiger partial charge in [-0.05, 0) is 35.8 Å². The Kier molecular flexibility index (Phi) is 5.24. The zero-order valence-electron chi connectivity index (χ0n) is 12.5. The summed E-state index contributed by atoms with van der Waals surface area (Å²) in [5, 5.41) is 2.85. The lowest BCUT2D eigenvalue weighted by Crippen LogP contribution is -2.50. The van der Waals surface area contributed by atoms with Crippen LogP contribution in [-0.2, 0) is 10.0 Å². The summed E-state index contributed by atoms with van der Waals surface area (Å²) in [7, 11) is -1.85. The first-order chi connectivity index (χ1) is 9.86. The molecule has 2 rings (SSSR count). The van der Waals surface area contributed by atoms with Crippen LogP contribution in [0.5, 0.6) is 0 Å². The Bertz CT molecular complexity index is 598. The van der Waals surface area contributed by atoms with Gasteiger partial charge < -0.3 is 5.32 Å². The lowest BCUT2D eigenvalue weighted by Gasteiger charge is -2.36. The average Bonchev–Trinajstić information content (AvgIpc) is 2.47. The van der Waals surface area contributed by atoms with Gasteiger partial charge in [0.25, 0.3) is 0 Å². The molecule has 6 nitrogen and oxygen atoms in total. The quantitative estimate of drug-likeness (QED) is 0.864. The minimum absolute atomic E-state index is 0.220. The number of rotatable bonds is 4.